The summed E-state index contributed by atoms with van der Waals surface area (Å²) in [5.74, 6) is 0. The Morgan fingerprint density at radius 3 is 2.54 bits per heavy atom. The van der Waals surface area contributed by atoms with Crippen LogP contribution in [0.3, 0.4) is 0 Å². The third kappa shape index (κ3) is 4.83. The van der Waals surface area contributed by atoms with Gasteiger partial charge in [-0.1, -0.05) is 42.0 Å². The summed E-state index contributed by atoms with van der Waals surface area (Å²) in [6.45, 7) is 10.9. The number of nitrogens with zero attached hydrogens (tertiary/aromatic N) is 2. The van der Waals surface area contributed by atoms with Gasteiger partial charge in [-0.25, -0.2) is 0 Å². The van der Waals surface area contributed by atoms with Crippen LogP contribution in [0.5, 0.6) is 0 Å². The minimum absolute atomic E-state index is 0.488. The first kappa shape index (κ1) is 17.0. The molecule has 3 nitrogen and oxygen atoms in total. The van der Waals surface area contributed by atoms with Crippen LogP contribution in [0.1, 0.15) is 18.1 Å². The van der Waals surface area contributed by atoms with E-state index in [0.29, 0.717) is 6.04 Å². The smallest absolute Gasteiger partial charge is 0.0367 e. The quantitative estimate of drug-likeness (QED) is 0.882. The van der Waals surface area contributed by atoms with Crippen LogP contribution >= 0.6 is 0 Å². The molecule has 1 N–H and O–H groups in total. The Morgan fingerprint density at radius 2 is 1.83 bits per heavy atom. The van der Waals surface area contributed by atoms with Crippen molar-refractivity contribution in [1.29, 1.82) is 0 Å². The maximum atomic E-state index is 3.63. The van der Waals surface area contributed by atoms with Gasteiger partial charge in [0.05, 0.1) is 0 Å². The first-order valence-electron chi connectivity index (χ1n) is 8.93. The molecule has 0 saturated carbocycles. The molecule has 3 heteroatoms. The largest absolute Gasteiger partial charge is 0.369 e. The highest BCUT2D eigenvalue weighted by Crippen LogP contribution is 2.15. The summed E-state index contributed by atoms with van der Waals surface area (Å²) in [7, 11) is 0. The molecule has 0 bridgehead atoms. The van der Waals surface area contributed by atoms with Gasteiger partial charge in [-0.2, -0.15) is 0 Å². The zero-order valence-electron chi connectivity index (χ0n) is 14.8. The number of benzene rings is 2. The topological polar surface area (TPSA) is 18.5 Å². The molecule has 24 heavy (non-hydrogen) atoms. The number of hydrogen-bond acceptors (Lipinski definition) is 3. The summed E-state index contributed by atoms with van der Waals surface area (Å²) >= 11 is 0. The van der Waals surface area contributed by atoms with Crippen molar-refractivity contribution in [2.24, 2.45) is 0 Å². The van der Waals surface area contributed by atoms with Crippen LogP contribution in [0.2, 0.25) is 0 Å². The summed E-state index contributed by atoms with van der Waals surface area (Å²) in [4.78, 5) is 5.05. The Hall–Kier alpha value is -1.84. The van der Waals surface area contributed by atoms with Gasteiger partial charge >= 0.3 is 0 Å². The van der Waals surface area contributed by atoms with Crippen LogP contribution in [-0.2, 0) is 6.54 Å². The molecule has 1 aliphatic rings. The minimum atomic E-state index is 0.488. The van der Waals surface area contributed by atoms with Crippen LogP contribution in [-0.4, -0.2) is 43.7 Å². The van der Waals surface area contributed by atoms with Gasteiger partial charge in [0.15, 0.2) is 0 Å². The Bertz CT molecular complexity index is 618. The van der Waals surface area contributed by atoms with Gasteiger partial charge in [0.2, 0.25) is 0 Å². The highest BCUT2D eigenvalue weighted by molar-refractivity contribution is 5.46. The van der Waals surface area contributed by atoms with Gasteiger partial charge in [0, 0.05) is 51.0 Å². The first-order chi connectivity index (χ1) is 11.7. The SMILES string of the molecule is Cc1cc[c]c(CNC(C)CN2CCN(c3ccccc3)CC2)c1. The van der Waals surface area contributed by atoms with E-state index in [9.17, 15) is 0 Å². The van der Waals surface area contributed by atoms with Gasteiger partial charge in [-0.15, -0.1) is 0 Å². The predicted octanol–water partition coefficient (Wildman–Crippen LogP) is 3.10. The highest BCUT2D eigenvalue weighted by Gasteiger charge is 2.18. The highest BCUT2D eigenvalue weighted by atomic mass is 15.3. The summed E-state index contributed by atoms with van der Waals surface area (Å²) in [6.07, 6.45) is 0. The minimum Gasteiger partial charge on any atom is -0.369 e. The molecule has 1 heterocycles. The van der Waals surface area contributed by atoms with Crippen LogP contribution in [0.25, 0.3) is 0 Å². The summed E-state index contributed by atoms with van der Waals surface area (Å²) in [5.41, 5.74) is 3.89. The van der Waals surface area contributed by atoms with Gasteiger partial charge in [0.25, 0.3) is 0 Å². The standard InChI is InChI=1S/C21H28N3/c1-18-7-6-8-20(15-18)16-22-19(2)17-23-11-13-24(14-12-23)21-9-4-3-5-10-21/h3-7,9-10,15,19,22H,11-14,16-17H2,1-2H3. The second-order valence-corrected chi connectivity index (χ2v) is 6.80. The molecular formula is C21H28N3. The van der Waals surface area contributed by atoms with E-state index in [1.165, 1.54) is 16.8 Å². The van der Waals surface area contributed by atoms with E-state index in [0.717, 1.165) is 39.3 Å². The molecule has 0 spiro atoms. The lowest BCUT2D eigenvalue weighted by Crippen LogP contribution is -2.50. The van der Waals surface area contributed by atoms with Crippen molar-refractivity contribution in [1.82, 2.24) is 10.2 Å². The molecule has 0 aliphatic carbocycles. The van der Waals surface area contributed by atoms with E-state index in [4.69, 9.17) is 0 Å². The average Bonchev–Trinajstić information content (AvgIpc) is 2.61. The van der Waals surface area contributed by atoms with Crippen molar-refractivity contribution in [2.45, 2.75) is 26.4 Å². The van der Waals surface area contributed by atoms with E-state index in [-0.39, 0.29) is 0 Å². The van der Waals surface area contributed by atoms with E-state index >= 15 is 0 Å². The lowest BCUT2D eigenvalue weighted by atomic mass is 10.1. The van der Waals surface area contributed by atoms with E-state index in [2.05, 4.69) is 77.5 Å². The van der Waals surface area contributed by atoms with Crippen molar-refractivity contribution >= 4 is 5.69 Å². The first-order valence-corrected chi connectivity index (χ1v) is 8.93. The molecule has 3 rings (SSSR count). The molecule has 1 saturated heterocycles. The van der Waals surface area contributed by atoms with Crippen LogP contribution in [0.15, 0.2) is 48.5 Å². The number of para-hydroxylation sites is 1. The molecule has 127 valence electrons. The predicted molar refractivity (Wildman–Crippen MR) is 101 cm³/mol. The Morgan fingerprint density at radius 1 is 1.08 bits per heavy atom. The summed E-state index contributed by atoms with van der Waals surface area (Å²) < 4.78 is 0. The summed E-state index contributed by atoms with van der Waals surface area (Å²) in [5, 5.41) is 3.63. The van der Waals surface area contributed by atoms with Gasteiger partial charge < -0.3 is 10.2 Å². The van der Waals surface area contributed by atoms with Gasteiger partial charge in [-0.3, -0.25) is 4.90 Å². The lowest BCUT2D eigenvalue weighted by molar-refractivity contribution is 0.233. The van der Waals surface area contributed by atoms with Crippen LogP contribution in [0, 0.1) is 13.0 Å². The van der Waals surface area contributed by atoms with Crippen molar-refractivity contribution in [3.63, 3.8) is 0 Å². The number of hydrogen-bond donors (Lipinski definition) is 1. The van der Waals surface area contributed by atoms with Gasteiger partial charge in [-0.05, 0) is 37.6 Å². The van der Waals surface area contributed by atoms with Crippen LogP contribution < -0.4 is 10.2 Å². The molecule has 2 aromatic rings. The number of aryl methyl sites for hydroxylation is 1. The maximum absolute atomic E-state index is 3.63. The molecule has 1 fully saturated rings. The number of piperazine rings is 1. The third-order valence-corrected chi connectivity index (χ3v) is 4.68. The summed E-state index contributed by atoms with van der Waals surface area (Å²) in [6, 6.07) is 20.9. The van der Waals surface area contributed by atoms with E-state index in [1.54, 1.807) is 0 Å². The fourth-order valence-electron chi connectivity index (χ4n) is 3.31. The second kappa shape index (κ2) is 8.32. The van der Waals surface area contributed by atoms with E-state index in [1.807, 2.05) is 6.07 Å². The molecule has 1 aliphatic heterocycles. The molecule has 2 aromatic carbocycles. The Kier molecular flexibility index (Phi) is 5.89. The molecule has 1 radical (unpaired) electrons. The Labute approximate surface area is 146 Å². The molecule has 0 aromatic heterocycles. The van der Waals surface area contributed by atoms with Crippen molar-refractivity contribution in [3.8, 4) is 0 Å². The molecular weight excluding hydrogens is 294 g/mol. The van der Waals surface area contributed by atoms with Crippen molar-refractivity contribution in [3.05, 3.63) is 65.7 Å². The van der Waals surface area contributed by atoms with E-state index < -0.39 is 0 Å². The number of rotatable bonds is 6. The second-order valence-electron chi connectivity index (χ2n) is 6.80. The van der Waals surface area contributed by atoms with Crippen molar-refractivity contribution < 1.29 is 0 Å². The normalized spacial score (nSPS) is 17.0. The lowest BCUT2D eigenvalue weighted by Gasteiger charge is -2.37. The van der Waals surface area contributed by atoms with Crippen LogP contribution in [0.4, 0.5) is 5.69 Å². The molecule has 1 atom stereocenters. The monoisotopic (exact) mass is 322 g/mol. The molecule has 1 unspecified atom stereocenters. The zero-order valence-corrected chi connectivity index (χ0v) is 14.8. The third-order valence-electron chi connectivity index (χ3n) is 4.68. The van der Waals surface area contributed by atoms with Gasteiger partial charge in [0.1, 0.15) is 0 Å². The zero-order chi connectivity index (χ0) is 16.8. The average molecular weight is 322 g/mol. The number of anilines is 1. The number of nitrogens with one attached hydrogen (secondary N) is 1. The molecule has 0 amide bonds. The fraction of sp³-hybridized carbons (Fsp3) is 0.429. The maximum Gasteiger partial charge on any atom is 0.0367 e. The fourth-order valence-corrected chi connectivity index (χ4v) is 3.31. The van der Waals surface area contributed by atoms with Crippen molar-refractivity contribution in [2.75, 3.05) is 37.6 Å². The Balaban J connectivity index is 1.41.